The Hall–Kier alpha value is -3.71. The fourth-order valence-electron chi connectivity index (χ4n) is 4.99. The van der Waals surface area contributed by atoms with Gasteiger partial charge in [-0.1, -0.05) is 24.3 Å². The number of hydrogen-bond donors (Lipinski definition) is 3. The van der Waals surface area contributed by atoms with E-state index >= 15 is 0 Å². The second-order valence-corrected chi connectivity index (χ2v) is 9.21. The van der Waals surface area contributed by atoms with E-state index in [0.29, 0.717) is 46.7 Å². The highest BCUT2D eigenvalue weighted by atomic mass is 19.1. The number of fused-ring (bicyclic) bond motifs is 1. The van der Waals surface area contributed by atoms with Gasteiger partial charge in [-0.15, -0.1) is 0 Å². The van der Waals surface area contributed by atoms with Gasteiger partial charge in [-0.2, -0.15) is 0 Å². The molecule has 3 aromatic rings. The van der Waals surface area contributed by atoms with Crippen LogP contribution in [0.1, 0.15) is 41.2 Å². The van der Waals surface area contributed by atoms with Crippen molar-refractivity contribution in [3.63, 3.8) is 0 Å². The average Bonchev–Trinajstić information content (AvgIpc) is 3.31. The lowest BCUT2D eigenvalue weighted by molar-refractivity contribution is -0.110. The maximum absolute atomic E-state index is 14.0. The van der Waals surface area contributed by atoms with Crippen molar-refractivity contribution >= 4 is 29.2 Å². The number of aromatic amines is 1. The topological polar surface area (TPSA) is 77.2 Å². The Morgan fingerprint density at radius 1 is 1.09 bits per heavy atom. The Morgan fingerprint density at radius 3 is 2.56 bits per heavy atom. The first-order valence-corrected chi connectivity index (χ1v) is 11.5. The smallest absolute Gasteiger partial charge is 0.256 e. The Morgan fingerprint density at radius 2 is 1.82 bits per heavy atom. The molecule has 1 saturated heterocycles. The van der Waals surface area contributed by atoms with Crippen LogP contribution in [0.15, 0.2) is 48.5 Å². The van der Waals surface area contributed by atoms with E-state index in [2.05, 4.69) is 29.5 Å². The number of nitrogens with zero attached hydrogens (tertiary/aromatic N) is 1. The molecule has 0 spiro atoms. The van der Waals surface area contributed by atoms with Gasteiger partial charge in [0.1, 0.15) is 5.82 Å². The van der Waals surface area contributed by atoms with Crippen LogP contribution in [-0.4, -0.2) is 46.9 Å². The average molecular weight is 459 g/mol. The monoisotopic (exact) mass is 458 g/mol. The molecule has 0 aliphatic carbocycles. The molecule has 0 bridgehead atoms. The number of amides is 2. The standard InChI is InChI=1S/C27H27FN4O2/c1-15-10-21(27(34)32-13-16(2)29-17(3)14-32)24(30-15)12-22-25-20(18-6-4-7-19(28)11-18)8-5-9-23(25)31-26(22)33/h4-12,16-17,29-30H,13-14H2,1-3H3,(H,31,33)/t16-,17-/m1/s1. The molecule has 34 heavy (non-hydrogen) atoms. The van der Waals surface area contributed by atoms with Gasteiger partial charge in [0.15, 0.2) is 0 Å². The predicted octanol–water partition coefficient (Wildman–Crippen LogP) is 4.44. The lowest BCUT2D eigenvalue weighted by Gasteiger charge is -2.36. The summed E-state index contributed by atoms with van der Waals surface area (Å²) in [6.45, 7) is 7.26. The van der Waals surface area contributed by atoms with Crippen LogP contribution in [0, 0.1) is 12.7 Å². The number of nitrogens with one attached hydrogen (secondary N) is 3. The lowest BCUT2D eigenvalue weighted by atomic mass is 9.94. The Labute approximate surface area is 197 Å². The first kappa shape index (κ1) is 22.1. The molecule has 1 fully saturated rings. The van der Waals surface area contributed by atoms with Gasteiger partial charge in [0.25, 0.3) is 11.8 Å². The van der Waals surface area contributed by atoms with Gasteiger partial charge < -0.3 is 20.5 Å². The summed E-state index contributed by atoms with van der Waals surface area (Å²) < 4.78 is 14.0. The van der Waals surface area contributed by atoms with E-state index in [9.17, 15) is 14.0 Å². The molecule has 3 heterocycles. The molecular formula is C27H27FN4O2. The molecule has 6 nitrogen and oxygen atoms in total. The Bertz CT molecular complexity index is 1320. The van der Waals surface area contributed by atoms with E-state index < -0.39 is 0 Å². The zero-order chi connectivity index (χ0) is 24.0. The first-order chi connectivity index (χ1) is 16.3. The fraction of sp³-hybridized carbons (Fsp3) is 0.259. The van der Waals surface area contributed by atoms with Crippen molar-refractivity contribution < 1.29 is 14.0 Å². The minimum absolute atomic E-state index is 0.0616. The van der Waals surface area contributed by atoms with Crippen molar-refractivity contribution in [1.82, 2.24) is 15.2 Å². The van der Waals surface area contributed by atoms with Crippen molar-refractivity contribution in [3.05, 3.63) is 76.9 Å². The van der Waals surface area contributed by atoms with Crippen LogP contribution in [0.25, 0.3) is 22.8 Å². The number of rotatable bonds is 3. The molecular weight excluding hydrogens is 431 g/mol. The molecule has 1 aromatic heterocycles. The highest BCUT2D eigenvalue weighted by molar-refractivity contribution is 6.36. The molecule has 5 rings (SSSR count). The van der Waals surface area contributed by atoms with E-state index in [-0.39, 0.29) is 29.7 Å². The third-order valence-corrected chi connectivity index (χ3v) is 6.31. The number of carbonyl (C=O) groups is 2. The molecule has 2 atom stereocenters. The molecule has 7 heteroatoms. The molecule has 2 aliphatic rings. The van der Waals surface area contributed by atoms with Crippen LogP contribution >= 0.6 is 0 Å². The van der Waals surface area contributed by atoms with E-state index in [4.69, 9.17) is 0 Å². The van der Waals surface area contributed by atoms with Crippen molar-refractivity contribution in [2.75, 3.05) is 18.4 Å². The number of piperazine rings is 1. The highest BCUT2D eigenvalue weighted by Gasteiger charge is 2.30. The van der Waals surface area contributed by atoms with Crippen molar-refractivity contribution in [2.24, 2.45) is 0 Å². The second kappa shape index (κ2) is 8.57. The molecule has 0 radical (unpaired) electrons. The van der Waals surface area contributed by atoms with Gasteiger partial charge in [-0.25, -0.2) is 4.39 Å². The zero-order valence-corrected chi connectivity index (χ0v) is 19.4. The van der Waals surface area contributed by atoms with Crippen LogP contribution in [0.5, 0.6) is 0 Å². The van der Waals surface area contributed by atoms with Gasteiger partial charge >= 0.3 is 0 Å². The van der Waals surface area contributed by atoms with Crippen LogP contribution < -0.4 is 10.6 Å². The zero-order valence-electron chi connectivity index (χ0n) is 19.4. The molecule has 2 aliphatic heterocycles. The second-order valence-electron chi connectivity index (χ2n) is 9.21. The quantitative estimate of drug-likeness (QED) is 0.508. The normalized spacial score (nSPS) is 21.0. The molecule has 2 aromatic carbocycles. The summed E-state index contributed by atoms with van der Waals surface area (Å²) in [5, 5.41) is 6.35. The van der Waals surface area contributed by atoms with Crippen molar-refractivity contribution in [2.45, 2.75) is 32.9 Å². The number of H-pyrrole nitrogens is 1. The highest BCUT2D eigenvalue weighted by Crippen LogP contribution is 2.40. The summed E-state index contributed by atoms with van der Waals surface area (Å²) in [4.78, 5) is 31.6. The molecule has 3 N–H and O–H groups in total. The van der Waals surface area contributed by atoms with Gasteiger partial charge in [0, 0.05) is 42.1 Å². The first-order valence-electron chi connectivity index (χ1n) is 11.5. The lowest BCUT2D eigenvalue weighted by Crippen LogP contribution is -2.55. The van der Waals surface area contributed by atoms with Gasteiger partial charge in [-0.05, 0) is 62.2 Å². The molecule has 2 amide bonds. The van der Waals surface area contributed by atoms with E-state index in [1.54, 1.807) is 12.1 Å². The summed E-state index contributed by atoms with van der Waals surface area (Å²) in [6.07, 6.45) is 1.74. The number of benzene rings is 2. The number of aromatic nitrogens is 1. The summed E-state index contributed by atoms with van der Waals surface area (Å²) in [5.74, 6) is -0.660. The summed E-state index contributed by atoms with van der Waals surface area (Å²) in [5.41, 5.74) is 5.21. The summed E-state index contributed by atoms with van der Waals surface area (Å²) in [7, 11) is 0. The SMILES string of the molecule is Cc1cc(C(=O)N2C[C@@H](C)N[C@H](C)C2)c(C=C2C(=O)Nc3cccc(-c4cccc(F)c4)c32)[nH]1. The van der Waals surface area contributed by atoms with Crippen LogP contribution in [0.4, 0.5) is 10.1 Å². The number of aryl methyl sites for hydroxylation is 1. The van der Waals surface area contributed by atoms with Crippen LogP contribution in [0.3, 0.4) is 0 Å². The minimum Gasteiger partial charge on any atom is -0.358 e. The van der Waals surface area contributed by atoms with Crippen molar-refractivity contribution in [1.29, 1.82) is 0 Å². The van der Waals surface area contributed by atoms with Crippen molar-refractivity contribution in [3.8, 4) is 11.1 Å². The maximum atomic E-state index is 14.0. The third-order valence-electron chi connectivity index (χ3n) is 6.31. The van der Waals surface area contributed by atoms with Gasteiger partial charge in [-0.3, -0.25) is 9.59 Å². The third kappa shape index (κ3) is 4.03. The summed E-state index contributed by atoms with van der Waals surface area (Å²) in [6, 6.07) is 14.1. The Balaban J connectivity index is 1.58. The maximum Gasteiger partial charge on any atom is 0.256 e. The van der Waals surface area contributed by atoms with Crippen LogP contribution in [0.2, 0.25) is 0 Å². The molecule has 174 valence electrons. The van der Waals surface area contributed by atoms with E-state index in [1.165, 1.54) is 12.1 Å². The molecule has 0 unspecified atom stereocenters. The van der Waals surface area contributed by atoms with Crippen LogP contribution in [-0.2, 0) is 4.79 Å². The summed E-state index contributed by atoms with van der Waals surface area (Å²) >= 11 is 0. The van der Waals surface area contributed by atoms with Gasteiger partial charge in [0.2, 0.25) is 0 Å². The number of anilines is 1. The van der Waals surface area contributed by atoms with E-state index in [1.807, 2.05) is 42.2 Å². The number of hydrogen-bond acceptors (Lipinski definition) is 3. The number of carbonyl (C=O) groups excluding carboxylic acids is 2. The minimum atomic E-state index is -0.342. The predicted molar refractivity (Wildman–Crippen MR) is 132 cm³/mol. The van der Waals surface area contributed by atoms with Gasteiger partial charge in [0.05, 0.1) is 16.8 Å². The largest absolute Gasteiger partial charge is 0.358 e. The molecule has 0 saturated carbocycles. The number of halogens is 1. The fourth-order valence-corrected chi connectivity index (χ4v) is 4.99. The Kier molecular flexibility index (Phi) is 5.57. The van der Waals surface area contributed by atoms with E-state index in [0.717, 1.165) is 11.3 Å².